The van der Waals surface area contributed by atoms with Crippen LogP contribution in [0.5, 0.6) is 0 Å². The van der Waals surface area contributed by atoms with E-state index in [0.717, 1.165) is 15.7 Å². The molecule has 316 valence electrons. The highest BCUT2D eigenvalue weighted by atomic mass is 32.2. The quantitative estimate of drug-likeness (QED) is 0.183. The molecule has 0 bridgehead atoms. The van der Waals surface area contributed by atoms with Gasteiger partial charge in [-0.15, -0.1) is 0 Å². The van der Waals surface area contributed by atoms with E-state index >= 15 is 0 Å². The summed E-state index contributed by atoms with van der Waals surface area (Å²) in [5.74, 6) is -2.51. The zero-order valence-electron chi connectivity index (χ0n) is 32.4. The molecule has 0 radical (unpaired) electrons. The summed E-state index contributed by atoms with van der Waals surface area (Å²) in [4.78, 5) is 63.4. The van der Waals surface area contributed by atoms with E-state index in [1.807, 2.05) is 10.8 Å². The second-order valence-corrected chi connectivity index (χ2v) is 16.9. The first kappa shape index (κ1) is 44.1. The summed E-state index contributed by atoms with van der Waals surface area (Å²) in [7, 11) is -8.69. The minimum Gasteiger partial charge on any atom is -0.477 e. The standard InChI is InChI=1S/C27H29N3O7S.C12H17N3O5S/c1-20(31)29-15-12-23(13-16-29)24-14-17-30(25(24)26(32)36-18-21-8-4-2-5-9-21)38(34,35)28-27(33)37-19-22-10-6-3-7-11-22;1-8(16)14-5-2-9(3-6-14)10-4-7-15(21(13,19)20)11(10)12(17)18/h2-11,14,17,23H,12-13,15-16,18-19H2,1H3,(H,28,33);4,7,9H,2-3,5-6H2,1H3,(H,17,18)(H2,13,19,20). The fraction of sp³-hybridized carbons (Fsp3) is 0.359. The summed E-state index contributed by atoms with van der Waals surface area (Å²) in [6.07, 6.45) is 3.49. The van der Waals surface area contributed by atoms with Gasteiger partial charge < -0.3 is 24.4 Å². The Morgan fingerprint density at radius 3 is 1.51 bits per heavy atom. The molecule has 0 saturated carbocycles. The van der Waals surface area contributed by atoms with Crippen LogP contribution in [0.15, 0.2) is 85.2 Å². The first-order valence-electron chi connectivity index (χ1n) is 18.6. The van der Waals surface area contributed by atoms with E-state index in [4.69, 9.17) is 14.6 Å². The Labute approximate surface area is 341 Å². The minimum atomic E-state index is -4.54. The molecule has 6 rings (SSSR count). The number of carboxylic acid groups (broad SMARTS) is 1. The first-order chi connectivity index (χ1) is 28.0. The SMILES string of the molecule is CC(=O)N1CCC(c2ccn(S(=O)(=O)NC(=O)OCc3ccccc3)c2C(=O)OCc2ccccc2)CC1.CC(=O)N1CCC(c2ccn(S(N)(=O)=O)c2C(=O)O)CC1. The summed E-state index contributed by atoms with van der Waals surface area (Å²) in [5, 5.41) is 14.3. The van der Waals surface area contributed by atoms with Crippen molar-refractivity contribution in [2.45, 2.75) is 64.6 Å². The first-order valence-corrected chi connectivity index (χ1v) is 21.6. The van der Waals surface area contributed by atoms with Crippen LogP contribution in [0.4, 0.5) is 4.79 Å². The lowest BCUT2D eigenvalue weighted by Crippen LogP contribution is -2.38. The Kier molecular flexibility index (Phi) is 14.3. The van der Waals surface area contributed by atoms with Gasteiger partial charge in [0, 0.05) is 52.4 Å². The molecule has 4 aromatic rings. The number of nitrogens with one attached hydrogen (secondary N) is 1. The Morgan fingerprint density at radius 2 is 1.08 bits per heavy atom. The van der Waals surface area contributed by atoms with Crippen molar-refractivity contribution in [3.05, 3.63) is 119 Å². The lowest BCUT2D eigenvalue weighted by atomic mass is 9.89. The molecule has 59 heavy (non-hydrogen) atoms. The number of piperidine rings is 2. The van der Waals surface area contributed by atoms with E-state index in [0.29, 0.717) is 72.5 Å². The number of esters is 1. The van der Waals surface area contributed by atoms with E-state index in [9.17, 15) is 45.9 Å². The summed E-state index contributed by atoms with van der Waals surface area (Å²) in [6, 6.07) is 20.8. The van der Waals surface area contributed by atoms with E-state index in [1.165, 1.54) is 26.1 Å². The monoisotopic (exact) mass is 854 g/mol. The molecule has 2 aliphatic rings. The normalized spacial score (nSPS) is 15.1. The van der Waals surface area contributed by atoms with Crippen molar-refractivity contribution in [1.82, 2.24) is 22.5 Å². The number of nitrogens with zero attached hydrogens (tertiary/aromatic N) is 4. The van der Waals surface area contributed by atoms with Crippen LogP contribution >= 0.6 is 0 Å². The number of carbonyl (C=O) groups is 5. The van der Waals surface area contributed by atoms with Gasteiger partial charge in [-0.1, -0.05) is 60.7 Å². The Morgan fingerprint density at radius 1 is 0.661 bits per heavy atom. The number of carboxylic acids is 1. The van der Waals surface area contributed by atoms with Crippen LogP contribution in [0.25, 0.3) is 0 Å². The Balaban J connectivity index is 0.000000266. The van der Waals surface area contributed by atoms with E-state index in [1.54, 1.807) is 70.5 Å². The van der Waals surface area contributed by atoms with Gasteiger partial charge >= 0.3 is 38.5 Å². The number of nitrogens with two attached hydrogens (primary N) is 1. The highest BCUT2D eigenvalue weighted by molar-refractivity contribution is 7.88. The third-order valence-electron chi connectivity index (χ3n) is 10.1. The predicted molar refractivity (Wildman–Crippen MR) is 212 cm³/mol. The van der Waals surface area contributed by atoms with Gasteiger partial charge in [-0.3, -0.25) is 9.59 Å². The minimum absolute atomic E-state index is 0.0194. The molecule has 0 spiro atoms. The topological polar surface area (TPSA) is 247 Å². The highest BCUT2D eigenvalue weighted by Gasteiger charge is 2.33. The van der Waals surface area contributed by atoms with Gasteiger partial charge in [0.05, 0.1) is 0 Å². The summed E-state index contributed by atoms with van der Waals surface area (Å²) in [5.41, 5.74) is 1.84. The molecule has 0 unspecified atom stereocenters. The van der Waals surface area contributed by atoms with E-state index in [2.05, 4.69) is 0 Å². The maximum absolute atomic E-state index is 13.3. The van der Waals surface area contributed by atoms with Crippen molar-refractivity contribution in [3.63, 3.8) is 0 Å². The van der Waals surface area contributed by atoms with Gasteiger partial charge in [0.15, 0.2) is 0 Å². The lowest BCUT2D eigenvalue weighted by molar-refractivity contribution is -0.130. The number of aromatic carboxylic acids is 1. The molecule has 2 aliphatic heterocycles. The van der Waals surface area contributed by atoms with Crippen LogP contribution in [0.2, 0.25) is 0 Å². The van der Waals surface area contributed by atoms with Gasteiger partial charge in [0.2, 0.25) is 11.8 Å². The van der Waals surface area contributed by atoms with Crippen LogP contribution in [-0.4, -0.2) is 95.7 Å². The number of aromatic nitrogens is 2. The van der Waals surface area contributed by atoms with Crippen LogP contribution in [0.3, 0.4) is 0 Å². The van der Waals surface area contributed by atoms with Crippen molar-refractivity contribution < 1.29 is 55.4 Å². The lowest BCUT2D eigenvalue weighted by Gasteiger charge is -2.31. The Bertz CT molecular complexity index is 2370. The molecule has 18 nitrogen and oxygen atoms in total. The third kappa shape index (κ3) is 11.4. The molecule has 4 heterocycles. The van der Waals surface area contributed by atoms with Gasteiger partial charge in [-0.05, 0) is 71.9 Å². The molecular formula is C39H46N6O12S2. The van der Waals surface area contributed by atoms with Gasteiger partial charge in [0.25, 0.3) is 0 Å². The molecule has 3 amide bonds. The number of ether oxygens (including phenoxy) is 2. The van der Waals surface area contributed by atoms with E-state index in [-0.39, 0.29) is 48.3 Å². The molecular weight excluding hydrogens is 809 g/mol. The van der Waals surface area contributed by atoms with Gasteiger partial charge in [-0.2, -0.15) is 16.8 Å². The average Bonchev–Trinajstić information content (AvgIpc) is 3.88. The van der Waals surface area contributed by atoms with Crippen molar-refractivity contribution in [2.75, 3.05) is 26.2 Å². The molecule has 0 aliphatic carbocycles. The maximum atomic E-state index is 13.3. The van der Waals surface area contributed by atoms with Crippen molar-refractivity contribution in [2.24, 2.45) is 5.14 Å². The zero-order valence-corrected chi connectivity index (χ0v) is 34.1. The molecule has 4 N–H and O–H groups in total. The maximum Gasteiger partial charge on any atom is 0.422 e. The number of benzene rings is 2. The number of amides is 3. The van der Waals surface area contributed by atoms with Crippen LogP contribution < -0.4 is 9.86 Å². The smallest absolute Gasteiger partial charge is 0.422 e. The number of rotatable bonds is 11. The molecule has 0 atom stereocenters. The molecule has 2 fully saturated rings. The predicted octanol–water partition coefficient (Wildman–Crippen LogP) is 3.55. The summed E-state index contributed by atoms with van der Waals surface area (Å²) < 4.78 is 62.9. The fourth-order valence-electron chi connectivity index (χ4n) is 7.06. The number of likely N-dealkylation sites (tertiary alicyclic amines) is 2. The van der Waals surface area contributed by atoms with Crippen LogP contribution in [0, 0.1) is 0 Å². The third-order valence-corrected chi connectivity index (χ3v) is 12.2. The number of hydrogen-bond acceptors (Lipinski definition) is 11. The zero-order chi connectivity index (χ0) is 42.9. The molecule has 2 aromatic heterocycles. The van der Waals surface area contributed by atoms with Crippen molar-refractivity contribution in [1.29, 1.82) is 0 Å². The summed E-state index contributed by atoms with van der Waals surface area (Å²) >= 11 is 0. The second kappa shape index (κ2) is 19.2. The Hall–Kier alpha value is -5.99. The largest absolute Gasteiger partial charge is 0.477 e. The van der Waals surface area contributed by atoms with Crippen molar-refractivity contribution in [3.8, 4) is 0 Å². The molecule has 20 heteroatoms. The second-order valence-electron chi connectivity index (χ2n) is 14.0. The molecule has 2 saturated heterocycles. The fourth-order valence-corrected chi connectivity index (χ4v) is 8.74. The van der Waals surface area contributed by atoms with Gasteiger partial charge in [0.1, 0.15) is 24.6 Å². The van der Waals surface area contributed by atoms with E-state index < -0.39 is 38.5 Å². The number of hydrogen-bond donors (Lipinski definition) is 3. The van der Waals surface area contributed by atoms with Crippen LogP contribution in [0.1, 0.15) is 94.6 Å². The highest BCUT2D eigenvalue weighted by Crippen LogP contribution is 2.33. The average molecular weight is 855 g/mol. The van der Waals surface area contributed by atoms with Crippen LogP contribution in [-0.2, 0) is 52.7 Å². The summed E-state index contributed by atoms with van der Waals surface area (Å²) in [6.45, 7) is 4.83. The van der Waals surface area contributed by atoms with Gasteiger partial charge in [-0.25, -0.2) is 32.2 Å². The number of carbonyl (C=O) groups excluding carboxylic acids is 4. The van der Waals surface area contributed by atoms with Crippen molar-refractivity contribution >= 4 is 50.3 Å². The molecule has 2 aromatic carbocycles.